The van der Waals surface area contributed by atoms with Gasteiger partial charge >= 0.3 is 367 Å². The number of hydrogen-bond donors (Lipinski definition) is 0. The van der Waals surface area contributed by atoms with Crippen LogP contribution >= 0.6 is 38.4 Å². The Morgan fingerprint density at radius 1 is 0.186 bits per heavy atom. The third kappa shape index (κ3) is 6.44. The van der Waals surface area contributed by atoms with Crippen molar-refractivity contribution in [3.05, 3.63) is 273 Å². The normalized spacial score (nSPS) is 14.3. The van der Waals surface area contributed by atoms with Crippen LogP contribution in [-0.4, -0.2) is 0 Å². The van der Waals surface area contributed by atoms with E-state index < -0.39 is 26.1 Å². The molecule has 0 aliphatic carbocycles. The Kier molecular flexibility index (Phi) is 11.9. The molecule has 0 aromatic heterocycles. The van der Waals surface area contributed by atoms with E-state index in [4.69, 9.17) is 0 Å². The van der Waals surface area contributed by atoms with E-state index in [-0.39, 0.29) is 0 Å². The van der Waals surface area contributed by atoms with Crippen molar-refractivity contribution in [1.29, 1.82) is 0 Å². The summed E-state index contributed by atoms with van der Waals surface area (Å²) in [5.74, 6) is -9.98. The summed E-state index contributed by atoms with van der Waals surface area (Å²) in [6.45, 7) is 0. The molecular formula is C54H48CoIP3. The number of halogens is 1. The molecule has 0 saturated heterocycles. The summed E-state index contributed by atoms with van der Waals surface area (Å²) in [6.07, 6.45) is 0. The van der Waals surface area contributed by atoms with Gasteiger partial charge in [-0.3, -0.25) is 0 Å². The minimum atomic E-state index is -3.33. The van der Waals surface area contributed by atoms with Gasteiger partial charge in [0.2, 0.25) is 0 Å². The van der Waals surface area contributed by atoms with E-state index >= 15 is 0 Å². The minimum absolute atomic E-state index is 1.46. The molecule has 0 atom stereocenters. The summed E-state index contributed by atoms with van der Waals surface area (Å²) in [7, 11) is -2.77. The van der Waals surface area contributed by atoms with Gasteiger partial charge in [0, 0.05) is 0 Å². The summed E-state index contributed by atoms with van der Waals surface area (Å²) < 4.78 is 0. The van der Waals surface area contributed by atoms with E-state index in [0.717, 1.165) is 0 Å². The van der Waals surface area contributed by atoms with Gasteiger partial charge in [0.25, 0.3) is 0 Å². The van der Waals surface area contributed by atoms with Crippen LogP contribution in [0.1, 0.15) is 0 Å². The van der Waals surface area contributed by atoms with Gasteiger partial charge in [-0.1, -0.05) is 0 Å². The fourth-order valence-electron chi connectivity index (χ4n) is 9.20. The Bertz CT molecular complexity index is 2100. The van der Waals surface area contributed by atoms with Gasteiger partial charge in [-0.25, -0.2) is 0 Å². The third-order valence-corrected chi connectivity index (χ3v) is 79.8. The average molecular weight is 976 g/mol. The van der Waals surface area contributed by atoms with E-state index in [0.29, 0.717) is 0 Å². The van der Waals surface area contributed by atoms with Crippen LogP contribution in [0.3, 0.4) is 0 Å². The van der Waals surface area contributed by atoms with E-state index in [1.54, 1.807) is 0 Å². The molecule has 0 radical (unpaired) electrons. The molecule has 0 aliphatic heterocycles. The molecule has 295 valence electrons. The van der Waals surface area contributed by atoms with Crippen LogP contribution in [-0.2, 0) is 8.09 Å². The molecule has 0 amide bonds. The molecule has 0 unspecified atom stereocenters. The predicted octanol–water partition coefficient (Wildman–Crippen LogP) is 10.4. The first-order chi connectivity index (χ1) is 29.2. The van der Waals surface area contributed by atoms with E-state index in [9.17, 15) is 0 Å². The molecule has 9 rings (SSSR count). The van der Waals surface area contributed by atoms with Crippen molar-refractivity contribution in [3.8, 4) is 0 Å². The van der Waals surface area contributed by atoms with Gasteiger partial charge in [-0.05, 0) is 0 Å². The Morgan fingerprint density at radius 3 is 0.390 bits per heavy atom. The molecule has 59 heavy (non-hydrogen) atoms. The Labute approximate surface area is 364 Å². The summed E-state index contributed by atoms with van der Waals surface area (Å²) in [5, 5.41) is 13.1. The maximum absolute atomic E-state index is 3.35. The van der Waals surface area contributed by atoms with Gasteiger partial charge in [-0.15, -0.1) is 0 Å². The molecule has 0 nitrogen and oxygen atoms in total. The average Bonchev–Trinajstić information content (AvgIpc) is 3.33. The molecule has 0 N–H and O–H groups in total. The zero-order valence-corrected chi connectivity index (χ0v) is 38.9. The molecule has 0 bridgehead atoms. The first kappa shape index (κ1) is 39.9. The van der Waals surface area contributed by atoms with Crippen LogP contribution in [0.5, 0.6) is 0 Å². The van der Waals surface area contributed by atoms with Crippen LogP contribution in [0.25, 0.3) is 0 Å². The van der Waals surface area contributed by atoms with E-state index in [1.807, 2.05) is 0 Å². The first-order valence-corrected chi connectivity index (χ1v) is 33.6. The van der Waals surface area contributed by atoms with Crippen molar-refractivity contribution in [2.24, 2.45) is 0 Å². The van der Waals surface area contributed by atoms with Gasteiger partial charge < -0.3 is 0 Å². The molecule has 9 aromatic carbocycles. The summed E-state index contributed by atoms with van der Waals surface area (Å²) >= 11 is 3.35. The summed E-state index contributed by atoms with van der Waals surface area (Å²) in [4.78, 5) is 0. The maximum atomic E-state index is 3.35. The van der Waals surface area contributed by atoms with Crippen LogP contribution in [0.2, 0.25) is 0 Å². The van der Waals surface area contributed by atoms with Crippen molar-refractivity contribution in [3.63, 3.8) is 0 Å². The topological polar surface area (TPSA) is 0 Å². The van der Waals surface area contributed by atoms with Gasteiger partial charge in [0.1, 0.15) is 0 Å². The molecule has 5 heteroatoms. The van der Waals surface area contributed by atoms with Crippen molar-refractivity contribution in [2.45, 2.75) is 0 Å². The van der Waals surface area contributed by atoms with Gasteiger partial charge in [-0.2, -0.15) is 0 Å². The zero-order valence-electron chi connectivity index (χ0n) is 32.7. The second-order valence-electron chi connectivity index (χ2n) is 14.6. The quantitative estimate of drug-likeness (QED) is 0.0846. The number of benzene rings is 9. The SMILES string of the molecule is [I][Co]([PH](c1ccccc1)(c1ccccc1)c1ccccc1)([PH](c1ccccc1)(c1ccccc1)c1ccccc1)[PH](c1ccccc1)(c1ccccc1)c1ccccc1. The van der Waals surface area contributed by atoms with Crippen LogP contribution in [0, 0.1) is 0 Å². The third-order valence-electron chi connectivity index (χ3n) is 11.5. The van der Waals surface area contributed by atoms with Crippen molar-refractivity contribution in [2.75, 3.05) is 0 Å². The van der Waals surface area contributed by atoms with Crippen molar-refractivity contribution >= 4 is 86.1 Å². The van der Waals surface area contributed by atoms with Crippen LogP contribution < -0.4 is 47.7 Å². The predicted molar refractivity (Wildman–Crippen MR) is 274 cm³/mol. The molecule has 0 fully saturated rings. The number of rotatable bonds is 12. The molecule has 0 heterocycles. The van der Waals surface area contributed by atoms with Crippen LogP contribution in [0.15, 0.2) is 273 Å². The standard InChI is InChI=1S/3C18H15P.Co.HI/c3*1-4-10-16(11-5-1)19(17-12-6-2-7-13-17)18-14-8-3-9-15-18;;/h3*1-15H;;1H/q;;;-2;/p+2. The molecule has 9 aromatic rings. The fourth-order valence-corrected chi connectivity index (χ4v) is 101. The van der Waals surface area contributed by atoms with Gasteiger partial charge in [0.05, 0.1) is 0 Å². The second-order valence-corrected chi connectivity index (χ2v) is 55.1. The molecule has 0 spiro atoms. The Morgan fingerprint density at radius 2 is 0.288 bits per heavy atom. The van der Waals surface area contributed by atoms with Crippen molar-refractivity contribution in [1.82, 2.24) is 0 Å². The molecular weight excluding hydrogens is 927 g/mol. The van der Waals surface area contributed by atoms with E-state index in [2.05, 4.69) is 293 Å². The first-order valence-electron chi connectivity index (χ1n) is 20.1. The summed E-state index contributed by atoms with van der Waals surface area (Å²) in [5.41, 5.74) is 0. The molecule has 0 saturated carbocycles. The fraction of sp³-hybridized carbons (Fsp3) is 0. The van der Waals surface area contributed by atoms with Crippen molar-refractivity contribution < 1.29 is 8.09 Å². The Hall–Kier alpha value is -4.49. The zero-order chi connectivity index (χ0) is 40.0. The number of hydrogen-bond acceptors (Lipinski definition) is 0. The molecule has 0 aliphatic rings. The van der Waals surface area contributed by atoms with E-state index in [1.165, 1.54) is 47.7 Å². The second kappa shape index (κ2) is 17.6. The van der Waals surface area contributed by atoms with Gasteiger partial charge in [0.15, 0.2) is 0 Å². The van der Waals surface area contributed by atoms with Crippen LogP contribution in [0.4, 0.5) is 0 Å². The summed E-state index contributed by atoms with van der Waals surface area (Å²) in [6, 6.07) is 106. The monoisotopic (exact) mass is 975 g/mol. The Balaban J connectivity index is 1.71.